The van der Waals surface area contributed by atoms with Gasteiger partial charge in [-0.1, -0.05) is 28.1 Å². The number of ether oxygens (including phenoxy) is 2. The van der Waals surface area contributed by atoms with Crippen molar-refractivity contribution in [3.8, 4) is 11.5 Å². The quantitative estimate of drug-likeness (QED) is 0.325. The summed E-state index contributed by atoms with van der Waals surface area (Å²) in [5.74, 6) is 0.978. The molecule has 0 N–H and O–H groups in total. The Kier molecular flexibility index (Phi) is 9.36. The van der Waals surface area contributed by atoms with E-state index in [-0.39, 0.29) is 22.7 Å². The molecular weight excluding hydrogens is 580 g/mol. The smallest absolute Gasteiger partial charge is 0.246 e. The second-order valence-electron chi connectivity index (χ2n) is 8.54. The van der Waals surface area contributed by atoms with E-state index >= 15 is 0 Å². The van der Waals surface area contributed by atoms with Crippen LogP contribution in [0.2, 0.25) is 0 Å². The Labute approximate surface area is 229 Å². The summed E-state index contributed by atoms with van der Waals surface area (Å²) in [7, 11) is -2.27. The molecule has 2 heterocycles. The van der Waals surface area contributed by atoms with Gasteiger partial charge in [-0.25, -0.2) is 8.42 Å². The van der Waals surface area contributed by atoms with E-state index < -0.39 is 10.0 Å². The third kappa shape index (κ3) is 6.97. The highest BCUT2D eigenvalue weighted by molar-refractivity contribution is 9.10. The lowest BCUT2D eigenvalue weighted by molar-refractivity contribution is 0.245. The molecule has 0 amide bonds. The van der Waals surface area contributed by atoms with Crippen LogP contribution < -0.4 is 14.9 Å². The molecule has 0 spiro atoms. The lowest BCUT2D eigenvalue weighted by Crippen LogP contribution is -2.35. The van der Waals surface area contributed by atoms with Crippen LogP contribution in [0, 0.1) is 0 Å². The third-order valence-electron chi connectivity index (χ3n) is 6.08. The molecule has 37 heavy (non-hydrogen) atoms. The van der Waals surface area contributed by atoms with Crippen LogP contribution in [-0.2, 0) is 23.2 Å². The molecule has 0 atom stereocenters. The number of hydrogen-bond donors (Lipinski definition) is 0. The number of sulfonamides is 1. The van der Waals surface area contributed by atoms with Gasteiger partial charge in [-0.15, -0.1) is 11.8 Å². The van der Waals surface area contributed by atoms with Gasteiger partial charge in [0.25, 0.3) is 0 Å². The molecule has 11 heteroatoms. The van der Waals surface area contributed by atoms with Crippen LogP contribution in [0.4, 0.5) is 0 Å². The molecule has 0 bridgehead atoms. The van der Waals surface area contributed by atoms with Gasteiger partial charge in [0.15, 0.2) is 0 Å². The first-order chi connectivity index (χ1) is 17.8. The summed E-state index contributed by atoms with van der Waals surface area (Å²) in [5, 5.41) is 0. The highest BCUT2D eigenvalue weighted by Gasteiger charge is 2.30. The molecule has 8 nitrogen and oxygen atoms in total. The van der Waals surface area contributed by atoms with Crippen molar-refractivity contribution in [2.45, 2.75) is 29.4 Å². The molecule has 2 aromatic carbocycles. The molecule has 1 fully saturated rings. The van der Waals surface area contributed by atoms with Crippen LogP contribution in [-0.4, -0.2) is 57.2 Å². The zero-order chi connectivity index (χ0) is 26.4. The lowest BCUT2D eigenvalue weighted by atomic mass is 10.2. The molecule has 0 unspecified atom stereocenters. The van der Waals surface area contributed by atoms with Gasteiger partial charge < -0.3 is 13.9 Å². The number of hydrogen-bond acceptors (Lipinski definition) is 8. The van der Waals surface area contributed by atoms with Gasteiger partial charge in [-0.3, -0.25) is 9.69 Å². The maximum Gasteiger partial charge on any atom is 0.246 e. The van der Waals surface area contributed by atoms with Gasteiger partial charge in [0.05, 0.1) is 13.7 Å². The first-order valence-corrected chi connectivity index (χ1v) is 15.2. The SMILES string of the molecule is COc1ccc(Br)cc1S(=O)(=O)N1CCCN(Cc2cc(=O)c(OCc3ccc(SC)cc3)co2)CC1. The van der Waals surface area contributed by atoms with E-state index in [1.807, 2.05) is 30.5 Å². The summed E-state index contributed by atoms with van der Waals surface area (Å²) in [5.41, 5.74) is 0.716. The summed E-state index contributed by atoms with van der Waals surface area (Å²) < 4.78 is 45.5. The molecule has 1 aromatic heterocycles. The molecule has 0 aliphatic carbocycles. The average Bonchev–Trinajstić information content (AvgIpc) is 3.14. The van der Waals surface area contributed by atoms with Crippen molar-refractivity contribution in [1.29, 1.82) is 0 Å². The Hall–Kier alpha value is -2.31. The summed E-state index contributed by atoms with van der Waals surface area (Å²) in [4.78, 5) is 16.0. The van der Waals surface area contributed by atoms with E-state index in [0.29, 0.717) is 55.1 Å². The third-order valence-corrected chi connectivity index (χ3v) is 9.23. The van der Waals surface area contributed by atoms with Gasteiger partial charge in [-0.05, 0) is 55.1 Å². The molecule has 4 rings (SSSR count). The topological polar surface area (TPSA) is 89.3 Å². The van der Waals surface area contributed by atoms with E-state index in [0.717, 1.165) is 10.5 Å². The van der Waals surface area contributed by atoms with Crippen molar-refractivity contribution < 1.29 is 22.3 Å². The number of methoxy groups -OCH3 is 1. The van der Waals surface area contributed by atoms with E-state index in [1.54, 1.807) is 30.0 Å². The van der Waals surface area contributed by atoms with Crippen molar-refractivity contribution in [1.82, 2.24) is 9.21 Å². The monoisotopic (exact) mass is 608 g/mol. The zero-order valence-electron chi connectivity index (χ0n) is 20.7. The summed E-state index contributed by atoms with van der Waals surface area (Å²) in [6.07, 6.45) is 4.02. The number of nitrogens with zero attached hydrogens (tertiary/aromatic N) is 2. The first kappa shape index (κ1) is 27.7. The molecule has 1 saturated heterocycles. The van der Waals surface area contributed by atoms with Gasteiger partial charge >= 0.3 is 0 Å². The standard InChI is InChI=1S/C26H29BrN2O6S2/c1-33-24-9-6-20(27)14-26(24)37(31,32)29-11-3-10-28(12-13-29)16-21-15-23(30)25(18-34-21)35-17-19-4-7-22(36-2)8-5-19/h4-9,14-15,18H,3,10-13,16-17H2,1-2H3. The van der Waals surface area contributed by atoms with Crippen LogP contribution in [0.5, 0.6) is 11.5 Å². The fourth-order valence-electron chi connectivity index (χ4n) is 4.07. The van der Waals surface area contributed by atoms with Gasteiger partial charge in [0.1, 0.15) is 29.3 Å². The summed E-state index contributed by atoms with van der Waals surface area (Å²) in [6.45, 7) is 2.57. The van der Waals surface area contributed by atoms with E-state index in [4.69, 9.17) is 13.9 Å². The van der Waals surface area contributed by atoms with E-state index in [2.05, 4.69) is 20.8 Å². The summed E-state index contributed by atoms with van der Waals surface area (Å²) in [6, 6.07) is 14.4. The fraction of sp³-hybridized carbons (Fsp3) is 0.346. The number of rotatable bonds is 9. The Morgan fingerprint density at radius 3 is 2.51 bits per heavy atom. The first-order valence-electron chi connectivity index (χ1n) is 11.7. The molecular formula is C26H29BrN2O6S2. The molecule has 1 aliphatic heterocycles. The van der Waals surface area contributed by atoms with Crippen LogP contribution >= 0.6 is 27.7 Å². The molecule has 1 aliphatic rings. The molecule has 0 radical (unpaired) electrons. The Morgan fingerprint density at radius 2 is 1.81 bits per heavy atom. The molecule has 198 valence electrons. The second kappa shape index (κ2) is 12.5. The lowest BCUT2D eigenvalue weighted by Gasteiger charge is -2.22. The fourth-order valence-corrected chi connectivity index (χ4v) is 6.64. The predicted molar refractivity (Wildman–Crippen MR) is 147 cm³/mol. The number of thioether (sulfide) groups is 1. The van der Waals surface area contributed by atoms with Crippen molar-refractivity contribution >= 4 is 37.7 Å². The minimum atomic E-state index is -3.73. The number of halogens is 1. The van der Waals surface area contributed by atoms with Crippen LogP contribution in [0.3, 0.4) is 0 Å². The highest BCUT2D eigenvalue weighted by atomic mass is 79.9. The number of benzene rings is 2. The van der Waals surface area contributed by atoms with Crippen LogP contribution in [0.15, 0.2) is 78.3 Å². The van der Waals surface area contributed by atoms with E-state index in [1.165, 1.54) is 23.7 Å². The maximum atomic E-state index is 13.3. The zero-order valence-corrected chi connectivity index (χ0v) is 23.9. The van der Waals surface area contributed by atoms with Crippen LogP contribution in [0.25, 0.3) is 0 Å². The van der Waals surface area contributed by atoms with Crippen molar-refractivity contribution in [3.05, 3.63) is 80.8 Å². The van der Waals surface area contributed by atoms with Crippen molar-refractivity contribution in [2.75, 3.05) is 39.5 Å². The normalized spacial score (nSPS) is 15.3. The van der Waals surface area contributed by atoms with E-state index in [9.17, 15) is 13.2 Å². The second-order valence-corrected chi connectivity index (χ2v) is 12.2. The highest BCUT2D eigenvalue weighted by Crippen LogP contribution is 2.30. The summed E-state index contributed by atoms with van der Waals surface area (Å²) >= 11 is 5.01. The van der Waals surface area contributed by atoms with Crippen molar-refractivity contribution in [2.24, 2.45) is 0 Å². The van der Waals surface area contributed by atoms with Crippen molar-refractivity contribution in [3.63, 3.8) is 0 Å². The van der Waals surface area contributed by atoms with Gasteiger partial charge in [-0.2, -0.15) is 4.31 Å². The van der Waals surface area contributed by atoms with Gasteiger partial charge in [0, 0.05) is 35.1 Å². The minimum absolute atomic E-state index is 0.139. The Morgan fingerprint density at radius 1 is 1.03 bits per heavy atom. The minimum Gasteiger partial charge on any atom is -0.495 e. The molecule has 3 aromatic rings. The average molecular weight is 610 g/mol. The maximum absolute atomic E-state index is 13.3. The molecule has 0 saturated carbocycles. The Bertz CT molecular complexity index is 1380. The largest absolute Gasteiger partial charge is 0.495 e. The van der Waals surface area contributed by atoms with Gasteiger partial charge in [0.2, 0.25) is 21.2 Å². The van der Waals surface area contributed by atoms with Crippen LogP contribution in [0.1, 0.15) is 17.7 Å². The Balaban J connectivity index is 1.37. The predicted octanol–water partition coefficient (Wildman–Crippen LogP) is 4.61.